The predicted octanol–water partition coefficient (Wildman–Crippen LogP) is 2.72. The molecule has 0 unspecified atom stereocenters. The first kappa shape index (κ1) is 11.4. The van der Waals surface area contributed by atoms with Gasteiger partial charge in [-0.2, -0.15) is 0 Å². The van der Waals surface area contributed by atoms with Crippen molar-refractivity contribution in [3.63, 3.8) is 0 Å². The molecule has 2 rings (SSSR count). The zero-order valence-corrected chi connectivity index (χ0v) is 10.1. The van der Waals surface area contributed by atoms with Crippen LogP contribution in [0, 0.1) is 12.7 Å². The van der Waals surface area contributed by atoms with Crippen LogP contribution in [0.1, 0.15) is 24.0 Å². The van der Waals surface area contributed by atoms with Crippen LogP contribution in [-0.2, 0) is 10.2 Å². The molecule has 1 aromatic rings. The van der Waals surface area contributed by atoms with Crippen LogP contribution < -0.4 is 0 Å². The van der Waals surface area contributed by atoms with Gasteiger partial charge >= 0.3 is 5.97 Å². The van der Waals surface area contributed by atoms with Gasteiger partial charge in [0.25, 0.3) is 0 Å². The summed E-state index contributed by atoms with van der Waals surface area (Å²) >= 11 is 3.22. The van der Waals surface area contributed by atoms with Crippen LogP contribution >= 0.6 is 15.9 Å². The fourth-order valence-electron chi connectivity index (χ4n) is 1.87. The number of phenolic OH excluding ortho intramolecular Hbond substituents is 1. The third kappa shape index (κ3) is 1.42. The maximum Gasteiger partial charge on any atom is 0.314 e. The molecule has 5 heteroatoms. The summed E-state index contributed by atoms with van der Waals surface area (Å²) in [5, 5.41) is 18.8. The molecule has 1 fully saturated rings. The van der Waals surface area contributed by atoms with E-state index in [-0.39, 0.29) is 5.56 Å². The number of aliphatic carboxylic acids is 1. The average molecular weight is 289 g/mol. The van der Waals surface area contributed by atoms with Crippen LogP contribution in [0.2, 0.25) is 0 Å². The van der Waals surface area contributed by atoms with Gasteiger partial charge in [-0.1, -0.05) is 15.9 Å². The molecule has 0 aliphatic heterocycles. The molecule has 86 valence electrons. The Kier molecular flexibility index (Phi) is 2.45. The molecule has 1 aromatic carbocycles. The molecule has 0 saturated heterocycles. The van der Waals surface area contributed by atoms with E-state index >= 15 is 0 Å². The number of benzene rings is 1. The average Bonchev–Trinajstić information content (AvgIpc) is 2.97. The van der Waals surface area contributed by atoms with Crippen molar-refractivity contribution in [2.45, 2.75) is 25.2 Å². The van der Waals surface area contributed by atoms with E-state index in [1.807, 2.05) is 0 Å². The number of carbonyl (C=O) groups is 1. The normalized spacial score (nSPS) is 17.2. The number of aryl methyl sites for hydroxylation is 1. The Hall–Kier alpha value is -1.10. The van der Waals surface area contributed by atoms with Crippen LogP contribution in [-0.4, -0.2) is 16.2 Å². The fraction of sp³-hybridized carbons (Fsp3) is 0.364. The summed E-state index contributed by atoms with van der Waals surface area (Å²) in [5.74, 6) is -2.35. The first-order valence-corrected chi connectivity index (χ1v) is 5.61. The van der Waals surface area contributed by atoms with E-state index in [2.05, 4.69) is 15.9 Å². The maximum atomic E-state index is 13.4. The van der Waals surface area contributed by atoms with Crippen LogP contribution in [0.15, 0.2) is 10.5 Å². The second-order valence-electron chi connectivity index (χ2n) is 4.10. The summed E-state index contributed by atoms with van der Waals surface area (Å²) in [7, 11) is 0. The van der Waals surface area contributed by atoms with Gasteiger partial charge in [0.1, 0.15) is 0 Å². The van der Waals surface area contributed by atoms with Crippen molar-refractivity contribution in [3.8, 4) is 5.75 Å². The molecule has 2 N–H and O–H groups in total. The predicted molar refractivity (Wildman–Crippen MR) is 59.0 cm³/mol. The van der Waals surface area contributed by atoms with E-state index in [0.29, 0.717) is 22.9 Å². The van der Waals surface area contributed by atoms with Gasteiger partial charge in [-0.05, 0) is 31.4 Å². The zero-order chi connectivity index (χ0) is 12.1. The number of hydrogen-bond donors (Lipinski definition) is 2. The van der Waals surface area contributed by atoms with Gasteiger partial charge < -0.3 is 10.2 Å². The molecule has 0 spiro atoms. The molecule has 0 atom stereocenters. The Morgan fingerprint density at radius 2 is 2.12 bits per heavy atom. The highest BCUT2D eigenvalue weighted by Gasteiger charge is 2.54. The lowest BCUT2D eigenvalue weighted by atomic mass is 9.93. The number of hydrogen-bond acceptors (Lipinski definition) is 2. The van der Waals surface area contributed by atoms with Crippen LogP contribution in [0.4, 0.5) is 4.39 Å². The third-order valence-electron chi connectivity index (χ3n) is 3.01. The highest BCUT2D eigenvalue weighted by atomic mass is 79.9. The van der Waals surface area contributed by atoms with Gasteiger partial charge in [0.2, 0.25) is 0 Å². The quantitative estimate of drug-likeness (QED) is 0.880. The first-order chi connectivity index (χ1) is 7.40. The van der Waals surface area contributed by atoms with E-state index in [9.17, 15) is 14.3 Å². The van der Waals surface area contributed by atoms with E-state index in [1.165, 1.54) is 6.07 Å². The SMILES string of the molecule is Cc1cc(F)c(O)c(C2(C(=O)O)CC2)c1Br. The number of phenols is 1. The summed E-state index contributed by atoms with van der Waals surface area (Å²) in [4.78, 5) is 11.2. The Bertz CT molecular complexity index is 454. The number of carboxylic acids is 1. The number of aromatic hydroxyl groups is 1. The Morgan fingerprint density at radius 3 is 2.56 bits per heavy atom. The zero-order valence-electron chi connectivity index (χ0n) is 8.55. The van der Waals surface area contributed by atoms with Crippen LogP contribution in [0.3, 0.4) is 0 Å². The topological polar surface area (TPSA) is 57.5 Å². The minimum atomic E-state index is -1.12. The van der Waals surface area contributed by atoms with Gasteiger partial charge in [0.05, 0.1) is 5.41 Å². The van der Waals surface area contributed by atoms with Crippen molar-refractivity contribution in [3.05, 3.63) is 27.5 Å². The molecule has 1 aliphatic rings. The molecule has 1 saturated carbocycles. The van der Waals surface area contributed by atoms with E-state index in [0.717, 1.165) is 0 Å². The van der Waals surface area contributed by atoms with E-state index in [4.69, 9.17) is 5.11 Å². The number of carboxylic acid groups (broad SMARTS) is 1. The van der Waals surface area contributed by atoms with Gasteiger partial charge in [-0.25, -0.2) is 4.39 Å². The van der Waals surface area contributed by atoms with Crippen molar-refractivity contribution in [1.82, 2.24) is 0 Å². The minimum Gasteiger partial charge on any atom is -0.505 e. The van der Waals surface area contributed by atoms with Gasteiger partial charge in [0, 0.05) is 10.0 Å². The van der Waals surface area contributed by atoms with E-state index < -0.39 is 23.0 Å². The Morgan fingerprint density at radius 1 is 1.56 bits per heavy atom. The summed E-state index contributed by atoms with van der Waals surface area (Å²) in [5.41, 5.74) is -0.370. The lowest BCUT2D eigenvalue weighted by Crippen LogP contribution is -2.21. The lowest BCUT2D eigenvalue weighted by Gasteiger charge is -2.16. The third-order valence-corrected chi connectivity index (χ3v) is 4.03. The summed E-state index contributed by atoms with van der Waals surface area (Å²) in [6, 6.07) is 1.18. The summed E-state index contributed by atoms with van der Waals surface area (Å²) in [6.45, 7) is 1.66. The van der Waals surface area contributed by atoms with Gasteiger partial charge in [-0.15, -0.1) is 0 Å². The van der Waals surface area contributed by atoms with Gasteiger partial charge in [0.15, 0.2) is 11.6 Å². The minimum absolute atomic E-state index is 0.164. The van der Waals surface area contributed by atoms with Crippen molar-refractivity contribution >= 4 is 21.9 Å². The highest BCUT2D eigenvalue weighted by Crippen LogP contribution is 2.54. The molecule has 0 radical (unpaired) electrons. The molecule has 0 amide bonds. The van der Waals surface area contributed by atoms with Gasteiger partial charge in [-0.3, -0.25) is 4.79 Å². The fourth-order valence-corrected chi connectivity index (χ4v) is 2.56. The lowest BCUT2D eigenvalue weighted by molar-refractivity contribution is -0.140. The Balaban J connectivity index is 2.70. The molecule has 0 aromatic heterocycles. The molecule has 0 heterocycles. The maximum absolute atomic E-state index is 13.4. The van der Waals surface area contributed by atoms with Crippen molar-refractivity contribution in [1.29, 1.82) is 0 Å². The molecule has 0 bridgehead atoms. The van der Waals surface area contributed by atoms with Crippen molar-refractivity contribution < 1.29 is 19.4 Å². The molecule has 1 aliphatic carbocycles. The first-order valence-electron chi connectivity index (χ1n) is 4.81. The van der Waals surface area contributed by atoms with Crippen LogP contribution in [0.5, 0.6) is 5.75 Å². The Labute approximate surface area is 100 Å². The van der Waals surface area contributed by atoms with E-state index in [1.54, 1.807) is 6.92 Å². The molecule has 3 nitrogen and oxygen atoms in total. The molecular weight excluding hydrogens is 279 g/mol. The smallest absolute Gasteiger partial charge is 0.314 e. The summed E-state index contributed by atoms with van der Waals surface area (Å²) < 4.78 is 13.9. The monoisotopic (exact) mass is 288 g/mol. The largest absolute Gasteiger partial charge is 0.505 e. The number of halogens is 2. The summed E-state index contributed by atoms with van der Waals surface area (Å²) in [6.07, 6.45) is 0.856. The van der Waals surface area contributed by atoms with Crippen LogP contribution in [0.25, 0.3) is 0 Å². The van der Waals surface area contributed by atoms with Crippen molar-refractivity contribution in [2.24, 2.45) is 0 Å². The molecule has 16 heavy (non-hydrogen) atoms. The number of rotatable bonds is 2. The standard InChI is InChI=1S/C11H10BrFO3/c1-5-4-6(13)9(14)7(8(5)12)11(2-3-11)10(15)16/h4,14H,2-3H2,1H3,(H,15,16). The highest BCUT2D eigenvalue weighted by molar-refractivity contribution is 9.10. The second-order valence-corrected chi connectivity index (χ2v) is 4.89. The van der Waals surface area contributed by atoms with Crippen molar-refractivity contribution in [2.75, 3.05) is 0 Å². The molecular formula is C11H10BrFO3. The second kappa shape index (κ2) is 3.45.